The van der Waals surface area contributed by atoms with Crippen LogP contribution in [0.15, 0.2) is 45.1 Å². The van der Waals surface area contributed by atoms with Crippen molar-refractivity contribution in [1.29, 1.82) is 0 Å². The molecule has 252 valence electrons. The van der Waals surface area contributed by atoms with Gasteiger partial charge in [0.1, 0.15) is 17.4 Å². The van der Waals surface area contributed by atoms with Gasteiger partial charge in [-0.15, -0.1) is 0 Å². The van der Waals surface area contributed by atoms with Crippen LogP contribution in [0.25, 0.3) is 11.0 Å². The van der Waals surface area contributed by atoms with E-state index in [9.17, 15) is 9.59 Å². The lowest BCUT2D eigenvalue weighted by molar-refractivity contribution is -0.153. The van der Waals surface area contributed by atoms with Gasteiger partial charge in [0.05, 0.1) is 0 Å². The predicted molar refractivity (Wildman–Crippen MR) is 185 cm³/mol. The maximum atomic E-state index is 12.9. The second-order valence-electron chi connectivity index (χ2n) is 16.4. The first-order valence-electron chi connectivity index (χ1n) is 18.6. The number of esters is 1. The molecule has 1 aromatic heterocycles. The van der Waals surface area contributed by atoms with Crippen LogP contribution < -0.4 is 10.4 Å². The summed E-state index contributed by atoms with van der Waals surface area (Å²) >= 11 is 0. The van der Waals surface area contributed by atoms with Gasteiger partial charge in [-0.25, -0.2) is 9.59 Å². The van der Waals surface area contributed by atoms with E-state index in [0.717, 1.165) is 78.6 Å². The molecule has 3 fully saturated rings. The maximum absolute atomic E-state index is 12.9. The van der Waals surface area contributed by atoms with Crippen molar-refractivity contribution in [2.45, 2.75) is 131 Å². The van der Waals surface area contributed by atoms with E-state index in [1.807, 2.05) is 12.1 Å². The van der Waals surface area contributed by atoms with Gasteiger partial charge in [0, 0.05) is 23.9 Å². The summed E-state index contributed by atoms with van der Waals surface area (Å²) in [5, 5.41) is 0.909. The zero-order valence-electron chi connectivity index (χ0n) is 29.4. The summed E-state index contributed by atoms with van der Waals surface area (Å²) in [4.78, 5) is 25.0. The van der Waals surface area contributed by atoms with Gasteiger partial charge in [0.15, 0.2) is 6.61 Å². The molecule has 6 rings (SSSR count). The lowest BCUT2D eigenvalue weighted by Crippen LogP contribution is -2.51. The molecule has 4 aliphatic rings. The highest BCUT2D eigenvalue weighted by atomic mass is 16.6. The van der Waals surface area contributed by atoms with E-state index in [2.05, 4.69) is 47.6 Å². The van der Waals surface area contributed by atoms with Crippen LogP contribution in [-0.2, 0) is 16.0 Å². The molecular formula is C41H58O5. The number of benzene rings is 1. The Morgan fingerprint density at radius 3 is 2.63 bits per heavy atom. The van der Waals surface area contributed by atoms with E-state index < -0.39 is 0 Å². The van der Waals surface area contributed by atoms with E-state index in [1.165, 1.54) is 56.9 Å². The van der Waals surface area contributed by atoms with Crippen molar-refractivity contribution in [1.82, 2.24) is 0 Å². The Morgan fingerprint density at radius 1 is 1.02 bits per heavy atom. The van der Waals surface area contributed by atoms with Gasteiger partial charge in [-0.05, 0) is 115 Å². The Balaban J connectivity index is 1.05. The Hall–Kier alpha value is -2.56. The fraction of sp³-hybridized carbons (Fsp3) is 0.707. The van der Waals surface area contributed by atoms with Crippen molar-refractivity contribution in [2.75, 3.05) is 6.61 Å². The standard InChI is InChI=1S/C41H58O5/c1-7-9-28-22-38(42)46-37-24-30(13-15-32(28)37)44-25-39(43)45-31-18-20-40(5)29(23-31)12-14-33-35-17-16-34(27(4)11-8-10-26(2)3)41(35,6)21-19-36(33)40/h12-13,15,22,24,26-27,31,33-36H,7-11,14,16-21,23,25H2,1-6H3/t27-,31+,33?,34-,35?,36?,40+,41-/m1/s1. The molecule has 5 heteroatoms. The third kappa shape index (κ3) is 6.46. The van der Waals surface area contributed by atoms with Crippen molar-refractivity contribution >= 4 is 16.9 Å². The number of aryl methyl sites for hydroxylation is 1. The molecule has 8 atom stereocenters. The largest absolute Gasteiger partial charge is 0.482 e. The molecule has 46 heavy (non-hydrogen) atoms. The first-order valence-corrected chi connectivity index (χ1v) is 18.6. The van der Waals surface area contributed by atoms with Crippen molar-refractivity contribution < 1.29 is 18.7 Å². The van der Waals surface area contributed by atoms with Crippen molar-refractivity contribution in [3.05, 3.63) is 51.9 Å². The molecule has 3 saturated carbocycles. The molecule has 1 aromatic carbocycles. The topological polar surface area (TPSA) is 65.7 Å². The molecule has 0 saturated heterocycles. The molecule has 0 aliphatic heterocycles. The molecule has 4 aliphatic carbocycles. The smallest absolute Gasteiger partial charge is 0.344 e. The van der Waals surface area contributed by atoms with Crippen molar-refractivity contribution in [2.24, 2.45) is 46.3 Å². The lowest BCUT2D eigenvalue weighted by Gasteiger charge is -2.58. The van der Waals surface area contributed by atoms with Gasteiger partial charge in [0.2, 0.25) is 0 Å². The zero-order valence-corrected chi connectivity index (χ0v) is 29.4. The van der Waals surface area contributed by atoms with Crippen LogP contribution in [0.3, 0.4) is 0 Å². The Bertz CT molecular complexity index is 1490. The average molecular weight is 631 g/mol. The second-order valence-corrected chi connectivity index (χ2v) is 16.4. The molecule has 0 spiro atoms. The predicted octanol–water partition coefficient (Wildman–Crippen LogP) is 10.1. The third-order valence-electron chi connectivity index (χ3n) is 13.2. The van der Waals surface area contributed by atoms with E-state index in [1.54, 1.807) is 12.1 Å². The Labute approximate surface area is 276 Å². The minimum Gasteiger partial charge on any atom is -0.482 e. The van der Waals surface area contributed by atoms with Crippen LogP contribution >= 0.6 is 0 Å². The van der Waals surface area contributed by atoms with E-state index in [4.69, 9.17) is 13.9 Å². The fourth-order valence-electron chi connectivity index (χ4n) is 10.9. The molecule has 0 N–H and O–H groups in total. The number of hydrogen-bond acceptors (Lipinski definition) is 5. The third-order valence-corrected chi connectivity index (χ3v) is 13.2. The van der Waals surface area contributed by atoms with E-state index >= 15 is 0 Å². The quantitative estimate of drug-likeness (QED) is 0.140. The molecular weight excluding hydrogens is 572 g/mol. The van der Waals surface area contributed by atoms with Crippen LogP contribution in [0.5, 0.6) is 5.75 Å². The summed E-state index contributed by atoms with van der Waals surface area (Å²) in [6.07, 6.45) is 18.0. The highest BCUT2D eigenvalue weighted by Gasteiger charge is 2.59. The summed E-state index contributed by atoms with van der Waals surface area (Å²) in [6.45, 7) is 14.4. The molecule has 5 nitrogen and oxygen atoms in total. The number of rotatable bonds is 11. The van der Waals surface area contributed by atoms with Crippen molar-refractivity contribution in [3.8, 4) is 5.75 Å². The molecule has 3 unspecified atom stereocenters. The summed E-state index contributed by atoms with van der Waals surface area (Å²) in [6, 6.07) is 7.00. The Morgan fingerprint density at radius 2 is 1.85 bits per heavy atom. The number of carbonyl (C=O) groups is 1. The highest BCUT2D eigenvalue weighted by Crippen LogP contribution is 2.67. The van der Waals surface area contributed by atoms with E-state index in [0.29, 0.717) is 16.7 Å². The van der Waals surface area contributed by atoms with Gasteiger partial charge in [0.25, 0.3) is 0 Å². The molecule has 0 radical (unpaired) electrons. The first-order chi connectivity index (χ1) is 22.0. The molecule has 2 aromatic rings. The lowest BCUT2D eigenvalue weighted by atomic mass is 9.47. The minimum atomic E-state index is -0.364. The van der Waals surface area contributed by atoms with Crippen molar-refractivity contribution in [3.63, 3.8) is 0 Å². The summed E-state index contributed by atoms with van der Waals surface area (Å²) in [5.41, 5.74) is 3.37. The Kier molecular flexibility index (Phi) is 9.80. The number of carbonyl (C=O) groups excluding carboxylic acids is 1. The van der Waals surface area contributed by atoms with Crippen LogP contribution in [0.2, 0.25) is 0 Å². The zero-order chi connectivity index (χ0) is 32.6. The fourth-order valence-corrected chi connectivity index (χ4v) is 10.9. The normalized spacial score (nSPS) is 32.8. The van der Waals surface area contributed by atoms with E-state index in [-0.39, 0.29) is 29.7 Å². The summed E-state index contributed by atoms with van der Waals surface area (Å²) in [5.74, 6) is 5.11. The minimum absolute atomic E-state index is 0.0883. The summed E-state index contributed by atoms with van der Waals surface area (Å²) in [7, 11) is 0. The highest BCUT2D eigenvalue weighted by molar-refractivity contribution is 5.81. The van der Waals surface area contributed by atoms with Crippen LogP contribution in [0.1, 0.15) is 124 Å². The number of allylic oxidation sites excluding steroid dienone is 1. The SMILES string of the molecule is CCCc1cc(=O)oc2cc(OCC(=O)O[C@H]3CC[C@@]4(C)C(=CCC5C4CC[C@@]4(C)C5CC[C@@H]4[C@H](C)CCCC(C)C)C3)ccc12. The van der Waals surface area contributed by atoms with Crippen LogP contribution in [0.4, 0.5) is 0 Å². The monoisotopic (exact) mass is 630 g/mol. The number of ether oxygens (including phenoxy) is 2. The van der Waals surface area contributed by atoms with Gasteiger partial charge in [-0.1, -0.05) is 78.9 Å². The average Bonchev–Trinajstić information content (AvgIpc) is 3.37. The van der Waals surface area contributed by atoms with Crippen LogP contribution in [-0.4, -0.2) is 18.7 Å². The van der Waals surface area contributed by atoms with Gasteiger partial charge < -0.3 is 13.9 Å². The molecule has 0 amide bonds. The van der Waals surface area contributed by atoms with Crippen LogP contribution in [0, 0.1) is 46.3 Å². The number of fused-ring (bicyclic) bond motifs is 6. The van der Waals surface area contributed by atoms with Gasteiger partial charge >= 0.3 is 11.6 Å². The van der Waals surface area contributed by atoms with Gasteiger partial charge in [-0.2, -0.15) is 0 Å². The number of hydrogen-bond donors (Lipinski definition) is 0. The first kappa shape index (κ1) is 33.3. The maximum Gasteiger partial charge on any atom is 0.344 e. The van der Waals surface area contributed by atoms with Gasteiger partial charge in [-0.3, -0.25) is 0 Å². The summed E-state index contributed by atoms with van der Waals surface area (Å²) < 4.78 is 17.2. The molecule has 1 heterocycles. The second kappa shape index (κ2) is 13.5. The molecule has 0 bridgehead atoms.